The van der Waals surface area contributed by atoms with Crippen molar-refractivity contribution in [1.82, 2.24) is 10.2 Å². The molecule has 0 saturated carbocycles. The fraction of sp³-hybridized carbons (Fsp3) is 0.250. The zero-order chi connectivity index (χ0) is 13.5. The number of hydrogen-bond donors (Lipinski definition) is 0. The van der Waals surface area contributed by atoms with Gasteiger partial charge in [-0.1, -0.05) is 19.1 Å². The molecule has 0 bridgehead atoms. The molecular weight excluding hydrogens is 242 g/mol. The molecule has 1 aromatic carbocycles. The molecule has 0 N–H and O–H groups in total. The summed E-state index contributed by atoms with van der Waals surface area (Å²) in [6, 6.07) is 7.37. The van der Waals surface area contributed by atoms with E-state index in [1.54, 1.807) is 12.1 Å². The summed E-state index contributed by atoms with van der Waals surface area (Å²) >= 11 is 0. The minimum absolute atomic E-state index is 0.123. The summed E-state index contributed by atoms with van der Waals surface area (Å²) in [5, 5.41) is 6.83. The highest BCUT2D eigenvalue weighted by atomic mass is 19.3. The van der Waals surface area contributed by atoms with Crippen LogP contribution in [0.3, 0.4) is 0 Å². The fourth-order valence-corrected chi connectivity index (χ4v) is 1.32. The minimum Gasteiger partial charge on any atom is -0.415 e. The number of nitrogens with zero attached hydrogens (tertiary/aromatic N) is 2. The zero-order valence-electron chi connectivity index (χ0n) is 9.77. The van der Waals surface area contributed by atoms with Crippen molar-refractivity contribution in [2.75, 3.05) is 0 Å². The summed E-state index contributed by atoms with van der Waals surface area (Å²) in [7, 11) is 0. The smallest absolute Gasteiger partial charge is 0.314 e. The Morgan fingerprint density at radius 3 is 2.28 bits per heavy atom. The molecule has 18 heavy (non-hydrogen) atoms. The molecule has 96 valence electrons. The van der Waals surface area contributed by atoms with Crippen molar-refractivity contribution in [2.24, 2.45) is 0 Å². The Hall–Kier alpha value is -2.11. The number of rotatable bonds is 3. The molecule has 0 fully saturated rings. The van der Waals surface area contributed by atoms with Gasteiger partial charge in [0.05, 0.1) is 0 Å². The summed E-state index contributed by atoms with van der Waals surface area (Å²) in [5.41, 5.74) is 1.81. The second kappa shape index (κ2) is 6.58. The van der Waals surface area contributed by atoms with Crippen LogP contribution in [-0.4, -0.2) is 17.0 Å². The highest BCUT2D eigenvalue weighted by Crippen LogP contribution is 2.23. The predicted molar refractivity (Wildman–Crippen MR) is 61.2 cm³/mol. The molecule has 1 heterocycles. The van der Waals surface area contributed by atoms with E-state index in [2.05, 4.69) is 10.2 Å². The average Bonchev–Trinajstić information content (AvgIpc) is 2.91. The van der Waals surface area contributed by atoms with E-state index >= 15 is 0 Å². The summed E-state index contributed by atoms with van der Waals surface area (Å²) in [4.78, 5) is 8.00. The topological polar surface area (TPSA) is 56.0 Å². The van der Waals surface area contributed by atoms with Gasteiger partial charge in [0.25, 0.3) is 5.89 Å². The largest absolute Gasteiger partial charge is 0.415 e. The Kier molecular flexibility index (Phi) is 5.10. The van der Waals surface area contributed by atoms with E-state index in [1.165, 1.54) is 0 Å². The van der Waals surface area contributed by atoms with Crippen LogP contribution in [0.15, 0.2) is 28.7 Å². The lowest BCUT2D eigenvalue weighted by Gasteiger charge is -1.97. The molecule has 0 amide bonds. The van der Waals surface area contributed by atoms with Gasteiger partial charge in [0, 0.05) is 5.56 Å². The molecule has 0 saturated heterocycles. The van der Waals surface area contributed by atoms with Crippen molar-refractivity contribution < 1.29 is 18.0 Å². The number of alkyl halides is 2. The number of aromatic nitrogens is 2. The number of halogens is 2. The Morgan fingerprint density at radius 2 is 1.83 bits per heavy atom. The maximum Gasteiger partial charge on any atom is 0.314 e. The van der Waals surface area contributed by atoms with Gasteiger partial charge in [0.15, 0.2) is 0 Å². The standard InChI is InChI=1S/C11H10F2N2O.CH2O/c1-2-7-3-5-8(6-4-7)10-14-15-11(16-10)9(12)13;1-2/h3-6,9H,2H2,1H3;1H2. The molecular formula is C12H12F2N2O2. The van der Waals surface area contributed by atoms with Crippen molar-refractivity contribution in [2.45, 2.75) is 19.8 Å². The highest BCUT2D eigenvalue weighted by Gasteiger charge is 2.16. The molecule has 0 aliphatic carbocycles. The minimum atomic E-state index is -2.73. The van der Waals surface area contributed by atoms with E-state index in [-0.39, 0.29) is 5.89 Å². The number of carbonyl (C=O) groups is 1. The highest BCUT2D eigenvalue weighted by molar-refractivity contribution is 5.52. The van der Waals surface area contributed by atoms with E-state index < -0.39 is 12.3 Å². The summed E-state index contributed by atoms with van der Waals surface area (Å²) in [5.74, 6) is -0.521. The van der Waals surface area contributed by atoms with Crippen LogP contribution in [-0.2, 0) is 11.2 Å². The van der Waals surface area contributed by atoms with Gasteiger partial charge in [-0.2, -0.15) is 8.78 Å². The number of carbonyl (C=O) groups excluding carboxylic acids is 1. The van der Waals surface area contributed by atoms with E-state index in [9.17, 15) is 8.78 Å². The predicted octanol–water partition coefficient (Wildman–Crippen LogP) is 3.05. The summed E-state index contributed by atoms with van der Waals surface area (Å²) in [6.45, 7) is 4.04. The average molecular weight is 254 g/mol. The van der Waals surface area contributed by atoms with Gasteiger partial charge in [0.2, 0.25) is 5.89 Å². The zero-order valence-corrected chi connectivity index (χ0v) is 9.77. The lowest BCUT2D eigenvalue weighted by molar-refractivity contribution is -0.0979. The Balaban J connectivity index is 0.000000771. The van der Waals surface area contributed by atoms with Crippen LogP contribution >= 0.6 is 0 Å². The van der Waals surface area contributed by atoms with Gasteiger partial charge < -0.3 is 9.21 Å². The van der Waals surface area contributed by atoms with Crippen LogP contribution in [0, 0.1) is 0 Å². The van der Waals surface area contributed by atoms with Gasteiger partial charge in [-0.05, 0) is 24.1 Å². The summed E-state index contributed by atoms with van der Waals surface area (Å²) < 4.78 is 29.3. The van der Waals surface area contributed by atoms with Crippen LogP contribution in [0.2, 0.25) is 0 Å². The quantitative estimate of drug-likeness (QED) is 0.844. The third-order valence-electron chi connectivity index (χ3n) is 2.24. The van der Waals surface area contributed by atoms with Crippen molar-refractivity contribution in [3.8, 4) is 11.5 Å². The maximum absolute atomic E-state index is 12.2. The maximum atomic E-state index is 12.2. The number of aryl methyl sites for hydroxylation is 1. The van der Waals surface area contributed by atoms with Crippen molar-refractivity contribution >= 4 is 6.79 Å². The summed E-state index contributed by atoms with van der Waals surface area (Å²) in [6.07, 6.45) is -1.80. The SMILES string of the molecule is C=O.CCc1ccc(-c2nnc(C(F)F)o2)cc1. The van der Waals surface area contributed by atoms with Crippen molar-refractivity contribution in [3.05, 3.63) is 35.7 Å². The van der Waals surface area contributed by atoms with Crippen LogP contribution in [0.5, 0.6) is 0 Å². The number of benzene rings is 1. The monoisotopic (exact) mass is 254 g/mol. The molecule has 1 aromatic heterocycles. The fourth-order valence-electron chi connectivity index (χ4n) is 1.32. The molecule has 0 atom stereocenters. The van der Waals surface area contributed by atoms with Gasteiger partial charge in [-0.25, -0.2) is 0 Å². The molecule has 0 unspecified atom stereocenters. The van der Waals surface area contributed by atoms with Gasteiger partial charge in [0.1, 0.15) is 6.79 Å². The molecule has 0 aliphatic rings. The van der Waals surface area contributed by atoms with Crippen molar-refractivity contribution in [3.63, 3.8) is 0 Å². The molecule has 2 aromatic rings. The van der Waals surface area contributed by atoms with Crippen LogP contribution in [0.1, 0.15) is 24.8 Å². The lowest BCUT2D eigenvalue weighted by Crippen LogP contribution is -1.81. The third-order valence-corrected chi connectivity index (χ3v) is 2.24. The first-order valence-electron chi connectivity index (χ1n) is 5.20. The second-order valence-corrected chi connectivity index (χ2v) is 3.30. The Morgan fingerprint density at radius 1 is 1.22 bits per heavy atom. The van der Waals surface area contributed by atoms with E-state index in [0.717, 1.165) is 12.0 Å². The van der Waals surface area contributed by atoms with E-state index in [4.69, 9.17) is 9.21 Å². The molecule has 0 aliphatic heterocycles. The number of hydrogen-bond acceptors (Lipinski definition) is 4. The van der Waals surface area contributed by atoms with Gasteiger partial charge in [-0.15, -0.1) is 10.2 Å². The molecule has 2 rings (SSSR count). The van der Waals surface area contributed by atoms with Gasteiger partial charge >= 0.3 is 6.43 Å². The van der Waals surface area contributed by atoms with E-state index in [1.807, 2.05) is 25.8 Å². The lowest BCUT2D eigenvalue weighted by atomic mass is 10.1. The van der Waals surface area contributed by atoms with Gasteiger partial charge in [-0.3, -0.25) is 0 Å². The Bertz CT molecular complexity index is 483. The van der Waals surface area contributed by atoms with E-state index in [0.29, 0.717) is 5.56 Å². The normalized spacial score (nSPS) is 10.0. The van der Waals surface area contributed by atoms with Crippen LogP contribution in [0.4, 0.5) is 8.78 Å². The third kappa shape index (κ3) is 3.19. The second-order valence-electron chi connectivity index (χ2n) is 3.30. The van der Waals surface area contributed by atoms with Crippen molar-refractivity contribution in [1.29, 1.82) is 0 Å². The van der Waals surface area contributed by atoms with Crippen LogP contribution < -0.4 is 0 Å². The first kappa shape index (κ1) is 14.0. The Labute approximate surface area is 103 Å². The molecule has 0 radical (unpaired) electrons. The first-order valence-corrected chi connectivity index (χ1v) is 5.20. The molecule has 6 heteroatoms. The first-order chi connectivity index (χ1) is 8.70. The van der Waals surface area contributed by atoms with Crippen LogP contribution in [0.25, 0.3) is 11.5 Å². The molecule has 0 spiro atoms. The molecule has 4 nitrogen and oxygen atoms in total.